The molecule has 1 aliphatic heterocycles. The molecule has 1 heterocycles. The molecule has 1 N–H and O–H groups in total. The summed E-state index contributed by atoms with van der Waals surface area (Å²) < 4.78 is 0. The average Bonchev–Trinajstić information content (AvgIpc) is 2.81. The van der Waals surface area contributed by atoms with E-state index in [1.165, 1.54) is 18.2 Å². The van der Waals surface area contributed by atoms with Gasteiger partial charge in [-0.2, -0.15) is 0 Å². The molecule has 0 aliphatic carbocycles. The smallest absolute Gasteiger partial charge is 0.293 e. The van der Waals surface area contributed by atoms with Crippen molar-refractivity contribution < 1.29 is 14.7 Å². The number of hydrogen-bond acceptors (Lipinski definition) is 4. The minimum absolute atomic E-state index is 0.0687. The van der Waals surface area contributed by atoms with Crippen molar-refractivity contribution in [2.75, 3.05) is 0 Å². The Balaban J connectivity index is 1.87. The van der Waals surface area contributed by atoms with Crippen molar-refractivity contribution in [3.05, 3.63) is 67.5 Å². The van der Waals surface area contributed by atoms with Crippen molar-refractivity contribution in [2.45, 2.75) is 6.54 Å². The van der Waals surface area contributed by atoms with Gasteiger partial charge in [0.05, 0.1) is 16.5 Å². The van der Waals surface area contributed by atoms with Crippen molar-refractivity contribution in [1.29, 1.82) is 0 Å². The van der Waals surface area contributed by atoms with Gasteiger partial charge in [0.15, 0.2) is 0 Å². The van der Waals surface area contributed by atoms with Crippen LogP contribution in [0.4, 0.5) is 4.79 Å². The Labute approximate surface area is 163 Å². The molecule has 0 saturated carbocycles. The lowest BCUT2D eigenvalue weighted by Crippen LogP contribution is -2.27. The van der Waals surface area contributed by atoms with Crippen molar-refractivity contribution >= 4 is 63.8 Å². The van der Waals surface area contributed by atoms with Gasteiger partial charge in [-0.1, -0.05) is 46.9 Å². The van der Waals surface area contributed by atoms with E-state index in [2.05, 4.69) is 0 Å². The van der Waals surface area contributed by atoms with Crippen LogP contribution in [-0.2, 0) is 11.3 Å². The molecular formula is C17H10Cl3NO3S. The number of carbonyl (C=O) groups is 2. The molecule has 3 rings (SSSR count). The maximum atomic E-state index is 12.5. The number of amides is 2. The molecule has 2 aromatic rings. The first kappa shape index (κ1) is 18.1. The number of thioether (sulfide) groups is 1. The van der Waals surface area contributed by atoms with Crippen LogP contribution in [0.3, 0.4) is 0 Å². The minimum atomic E-state index is -0.444. The summed E-state index contributed by atoms with van der Waals surface area (Å²) in [4.78, 5) is 26.0. The molecule has 2 amide bonds. The highest BCUT2D eigenvalue weighted by Crippen LogP contribution is 2.37. The first-order valence-electron chi connectivity index (χ1n) is 7.03. The number of halogens is 3. The molecule has 0 radical (unpaired) electrons. The minimum Gasteiger partial charge on any atom is -0.506 e. The summed E-state index contributed by atoms with van der Waals surface area (Å²) >= 11 is 18.4. The zero-order valence-electron chi connectivity index (χ0n) is 12.5. The Morgan fingerprint density at radius 1 is 1.04 bits per heavy atom. The molecule has 0 bridgehead atoms. The van der Waals surface area contributed by atoms with E-state index in [9.17, 15) is 14.7 Å². The van der Waals surface area contributed by atoms with E-state index >= 15 is 0 Å². The highest BCUT2D eigenvalue weighted by molar-refractivity contribution is 8.18. The van der Waals surface area contributed by atoms with Gasteiger partial charge >= 0.3 is 0 Å². The topological polar surface area (TPSA) is 57.6 Å². The van der Waals surface area contributed by atoms with E-state index in [0.717, 1.165) is 22.2 Å². The van der Waals surface area contributed by atoms with Gasteiger partial charge < -0.3 is 5.11 Å². The number of phenols is 1. The van der Waals surface area contributed by atoms with Crippen LogP contribution in [0.25, 0.3) is 6.08 Å². The average molecular weight is 415 g/mol. The Morgan fingerprint density at radius 3 is 2.40 bits per heavy atom. The Morgan fingerprint density at radius 2 is 1.72 bits per heavy atom. The number of rotatable bonds is 3. The standard InChI is InChI=1S/C17H10Cl3NO3S/c18-11-3-1-9(2-4-11)8-21-16(23)14(25-17(21)24)6-10-5-12(19)7-13(20)15(10)22/h1-7,22H,8H2/b14-6-. The van der Waals surface area contributed by atoms with Gasteiger partial charge in [-0.25, -0.2) is 0 Å². The van der Waals surface area contributed by atoms with Crippen molar-refractivity contribution in [1.82, 2.24) is 4.90 Å². The number of imide groups is 1. The number of carbonyl (C=O) groups excluding carboxylic acids is 2. The van der Waals surface area contributed by atoms with Gasteiger partial charge in [-0.15, -0.1) is 0 Å². The van der Waals surface area contributed by atoms with E-state index in [4.69, 9.17) is 34.8 Å². The summed E-state index contributed by atoms with van der Waals surface area (Å²) in [6.07, 6.45) is 1.40. The number of phenolic OH excluding ortho intramolecular Hbond substituents is 1. The second kappa shape index (κ2) is 7.30. The fourth-order valence-electron chi connectivity index (χ4n) is 2.25. The van der Waals surface area contributed by atoms with Crippen molar-refractivity contribution in [3.8, 4) is 5.75 Å². The number of nitrogens with zero attached hydrogens (tertiary/aromatic N) is 1. The number of aromatic hydroxyl groups is 1. The molecule has 128 valence electrons. The lowest BCUT2D eigenvalue weighted by atomic mass is 10.1. The Hall–Kier alpha value is -1.66. The SMILES string of the molecule is O=C1S/C(=C\c2cc(Cl)cc(Cl)c2O)C(=O)N1Cc1ccc(Cl)cc1. The maximum absolute atomic E-state index is 12.5. The molecular weight excluding hydrogens is 405 g/mol. The lowest BCUT2D eigenvalue weighted by molar-refractivity contribution is -0.123. The first-order valence-corrected chi connectivity index (χ1v) is 8.98. The molecule has 1 saturated heterocycles. The van der Waals surface area contributed by atoms with Gasteiger partial charge in [-0.05, 0) is 47.7 Å². The summed E-state index contributed by atoms with van der Waals surface area (Å²) in [7, 11) is 0. The van der Waals surface area contributed by atoms with Crippen LogP contribution in [0.1, 0.15) is 11.1 Å². The second-order valence-corrected chi connectivity index (χ2v) is 7.49. The van der Waals surface area contributed by atoms with Gasteiger partial charge in [-0.3, -0.25) is 14.5 Å². The third-order valence-electron chi connectivity index (χ3n) is 3.47. The predicted molar refractivity (Wildman–Crippen MR) is 101 cm³/mol. The summed E-state index contributed by atoms with van der Waals surface area (Å²) in [5.74, 6) is -0.643. The molecule has 2 aromatic carbocycles. The zero-order chi connectivity index (χ0) is 18.1. The molecule has 8 heteroatoms. The molecule has 1 fully saturated rings. The normalized spacial score (nSPS) is 16.1. The third kappa shape index (κ3) is 3.96. The van der Waals surface area contributed by atoms with Crippen molar-refractivity contribution in [2.24, 2.45) is 0 Å². The van der Waals surface area contributed by atoms with Gasteiger partial charge in [0.25, 0.3) is 11.1 Å². The quantitative estimate of drug-likeness (QED) is 0.665. The van der Waals surface area contributed by atoms with E-state index < -0.39 is 5.91 Å². The van der Waals surface area contributed by atoms with Crippen LogP contribution < -0.4 is 0 Å². The van der Waals surface area contributed by atoms with Gasteiger partial charge in [0.2, 0.25) is 0 Å². The number of hydrogen-bond donors (Lipinski definition) is 1. The fraction of sp³-hybridized carbons (Fsp3) is 0.0588. The van der Waals surface area contributed by atoms with E-state index in [1.807, 2.05) is 0 Å². The summed E-state index contributed by atoms with van der Waals surface area (Å²) in [5.41, 5.74) is 1.05. The lowest BCUT2D eigenvalue weighted by Gasteiger charge is -2.12. The van der Waals surface area contributed by atoms with Crippen LogP contribution in [0, 0.1) is 0 Å². The summed E-state index contributed by atoms with van der Waals surface area (Å²) in [6.45, 7) is 0.140. The van der Waals surface area contributed by atoms with Crippen LogP contribution in [0.2, 0.25) is 15.1 Å². The molecule has 25 heavy (non-hydrogen) atoms. The summed E-state index contributed by atoms with van der Waals surface area (Å²) in [6, 6.07) is 9.74. The van der Waals surface area contributed by atoms with E-state index in [-0.39, 0.29) is 33.0 Å². The van der Waals surface area contributed by atoms with Gasteiger partial charge in [0.1, 0.15) is 5.75 Å². The summed E-state index contributed by atoms with van der Waals surface area (Å²) in [5, 5.41) is 10.6. The second-order valence-electron chi connectivity index (χ2n) is 5.22. The monoisotopic (exact) mass is 413 g/mol. The Kier molecular flexibility index (Phi) is 5.29. The third-order valence-corrected chi connectivity index (χ3v) is 5.14. The highest BCUT2D eigenvalue weighted by Gasteiger charge is 2.35. The molecule has 0 unspecified atom stereocenters. The van der Waals surface area contributed by atoms with Gasteiger partial charge in [0, 0.05) is 15.6 Å². The van der Waals surface area contributed by atoms with Crippen molar-refractivity contribution in [3.63, 3.8) is 0 Å². The first-order chi connectivity index (χ1) is 11.8. The highest BCUT2D eigenvalue weighted by atomic mass is 35.5. The number of benzene rings is 2. The maximum Gasteiger partial charge on any atom is 0.293 e. The molecule has 0 atom stereocenters. The van der Waals surface area contributed by atoms with Crippen LogP contribution in [-0.4, -0.2) is 21.2 Å². The fourth-order valence-corrected chi connectivity index (χ4v) is 3.71. The van der Waals surface area contributed by atoms with Crippen LogP contribution in [0.15, 0.2) is 41.3 Å². The van der Waals surface area contributed by atoms with E-state index in [1.54, 1.807) is 24.3 Å². The zero-order valence-corrected chi connectivity index (χ0v) is 15.6. The van der Waals surface area contributed by atoms with Crippen LogP contribution >= 0.6 is 46.6 Å². The molecule has 0 spiro atoms. The molecule has 4 nitrogen and oxygen atoms in total. The van der Waals surface area contributed by atoms with Crippen LogP contribution in [0.5, 0.6) is 5.75 Å². The Bertz CT molecular complexity index is 897. The predicted octanol–water partition coefficient (Wildman–Crippen LogP) is 5.59. The molecule has 1 aliphatic rings. The molecule has 0 aromatic heterocycles. The van der Waals surface area contributed by atoms with E-state index in [0.29, 0.717) is 10.0 Å². The largest absolute Gasteiger partial charge is 0.506 e.